The Morgan fingerprint density at radius 2 is 1.77 bits per heavy atom. The number of carbonyl (C=O) groups is 1. The molecule has 1 aliphatic heterocycles. The number of rotatable bonds is 5. The molecule has 7 heteroatoms. The summed E-state index contributed by atoms with van der Waals surface area (Å²) in [6, 6.07) is 15.1. The molecule has 35 heavy (non-hydrogen) atoms. The van der Waals surface area contributed by atoms with Crippen molar-refractivity contribution in [2.45, 2.75) is 32.3 Å². The van der Waals surface area contributed by atoms with Gasteiger partial charge in [0, 0.05) is 11.5 Å². The highest BCUT2D eigenvalue weighted by Crippen LogP contribution is 2.44. The molecule has 1 N–H and O–H groups in total. The van der Waals surface area contributed by atoms with E-state index in [0.29, 0.717) is 44.9 Å². The van der Waals surface area contributed by atoms with E-state index in [1.165, 1.54) is 18.4 Å². The number of carbonyl (C=O) groups excluding carboxylic acids is 1. The number of hydrogen-bond donors (Lipinski definition) is 1. The summed E-state index contributed by atoms with van der Waals surface area (Å²) in [4.78, 5) is 25.8. The number of hydrogen-bond acceptors (Lipinski definition) is 7. The van der Waals surface area contributed by atoms with Gasteiger partial charge in [0.2, 0.25) is 5.43 Å². The smallest absolute Gasteiger partial charge is 0.312 e. The van der Waals surface area contributed by atoms with Gasteiger partial charge in [0.15, 0.2) is 11.5 Å². The zero-order chi connectivity index (χ0) is 24.7. The van der Waals surface area contributed by atoms with Gasteiger partial charge in [-0.1, -0.05) is 18.2 Å². The average molecular weight is 472 g/mol. The standard InChI is InChI=1S/C28H24O7/c1-15(2)34-22-10-6-17(12-24(22)32-3)20-13-25(30)35-23-11-9-19-27(31)21(14-33-28(19)26(20)23)16-4-7-18(29)8-5-16/h4-12,14-15,20,29H,13H2,1-3H3/t20-/m1/s1. The number of aromatic hydroxyl groups is 1. The Hall–Kier alpha value is -4.26. The summed E-state index contributed by atoms with van der Waals surface area (Å²) in [7, 11) is 1.56. The van der Waals surface area contributed by atoms with Gasteiger partial charge in [-0.05, 0) is 61.4 Å². The van der Waals surface area contributed by atoms with Crippen LogP contribution in [-0.4, -0.2) is 24.3 Å². The second kappa shape index (κ2) is 8.83. The van der Waals surface area contributed by atoms with Gasteiger partial charge in [-0.25, -0.2) is 0 Å². The quantitative estimate of drug-likeness (QED) is 0.307. The Kier molecular flexibility index (Phi) is 5.68. The molecule has 1 atom stereocenters. The highest BCUT2D eigenvalue weighted by atomic mass is 16.5. The van der Waals surface area contributed by atoms with Gasteiger partial charge in [0.05, 0.1) is 30.6 Å². The number of fused-ring (bicyclic) bond motifs is 3. The summed E-state index contributed by atoms with van der Waals surface area (Å²) >= 11 is 0. The molecule has 0 fully saturated rings. The molecule has 7 nitrogen and oxygen atoms in total. The van der Waals surface area contributed by atoms with E-state index in [9.17, 15) is 14.7 Å². The molecule has 0 saturated heterocycles. The lowest BCUT2D eigenvalue weighted by atomic mass is 9.85. The van der Waals surface area contributed by atoms with E-state index in [4.69, 9.17) is 18.6 Å². The summed E-state index contributed by atoms with van der Waals surface area (Å²) in [6.07, 6.45) is 1.47. The number of phenols is 1. The lowest BCUT2D eigenvalue weighted by Gasteiger charge is -2.26. The SMILES string of the molecule is COc1cc([C@H]2CC(=O)Oc3ccc4c(=O)c(-c5ccc(O)cc5)coc4c32)ccc1OC(C)C. The largest absolute Gasteiger partial charge is 0.508 e. The second-order valence-corrected chi connectivity index (χ2v) is 8.69. The maximum atomic E-state index is 13.4. The Morgan fingerprint density at radius 3 is 2.49 bits per heavy atom. The van der Waals surface area contributed by atoms with E-state index in [-0.39, 0.29) is 29.7 Å². The first-order chi connectivity index (χ1) is 16.9. The minimum Gasteiger partial charge on any atom is -0.508 e. The lowest BCUT2D eigenvalue weighted by Crippen LogP contribution is -2.22. The molecular formula is C28H24O7. The first-order valence-electron chi connectivity index (χ1n) is 11.3. The van der Waals surface area contributed by atoms with Crippen molar-refractivity contribution < 1.29 is 28.5 Å². The van der Waals surface area contributed by atoms with Gasteiger partial charge >= 0.3 is 5.97 Å². The van der Waals surface area contributed by atoms with Crippen LogP contribution in [0.25, 0.3) is 22.1 Å². The van der Waals surface area contributed by atoms with Crippen molar-refractivity contribution in [3.8, 4) is 34.1 Å². The maximum Gasteiger partial charge on any atom is 0.312 e. The van der Waals surface area contributed by atoms with Crippen molar-refractivity contribution >= 4 is 16.9 Å². The van der Waals surface area contributed by atoms with Gasteiger partial charge in [0.25, 0.3) is 0 Å². The van der Waals surface area contributed by atoms with Gasteiger partial charge < -0.3 is 23.7 Å². The fourth-order valence-corrected chi connectivity index (χ4v) is 4.43. The Morgan fingerprint density at radius 1 is 1.00 bits per heavy atom. The fraction of sp³-hybridized carbons (Fsp3) is 0.214. The van der Waals surface area contributed by atoms with Crippen LogP contribution in [0.5, 0.6) is 23.0 Å². The molecule has 2 heterocycles. The molecule has 0 saturated carbocycles. The predicted octanol–water partition coefficient (Wildman–Crippen LogP) is 5.40. The van der Waals surface area contributed by atoms with Gasteiger partial charge in [0.1, 0.15) is 23.3 Å². The van der Waals surface area contributed by atoms with Crippen LogP contribution in [0, 0.1) is 0 Å². The molecule has 178 valence electrons. The molecule has 1 aromatic heterocycles. The van der Waals surface area contributed by atoms with Crippen molar-refractivity contribution in [2.75, 3.05) is 7.11 Å². The van der Waals surface area contributed by atoms with Crippen molar-refractivity contribution in [2.24, 2.45) is 0 Å². The molecule has 0 spiro atoms. The number of benzene rings is 3. The Bertz CT molecular complexity index is 1480. The summed E-state index contributed by atoms with van der Waals surface area (Å²) in [5, 5.41) is 9.95. The third kappa shape index (κ3) is 4.10. The Balaban J connectivity index is 1.66. The summed E-state index contributed by atoms with van der Waals surface area (Å²) in [6.45, 7) is 3.86. The molecular weight excluding hydrogens is 448 g/mol. The van der Waals surface area contributed by atoms with Crippen LogP contribution in [0.4, 0.5) is 0 Å². The van der Waals surface area contributed by atoms with E-state index in [1.54, 1.807) is 31.4 Å². The van der Waals surface area contributed by atoms with Crippen molar-refractivity contribution in [1.82, 2.24) is 0 Å². The fourth-order valence-electron chi connectivity index (χ4n) is 4.43. The van der Waals surface area contributed by atoms with Gasteiger partial charge in [-0.2, -0.15) is 0 Å². The molecule has 0 aliphatic carbocycles. The molecule has 5 rings (SSSR count). The topological polar surface area (TPSA) is 95.2 Å². The summed E-state index contributed by atoms with van der Waals surface area (Å²) in [5.74, 6) is 0.852. The molecule has 0 unspecified atom stereocenters. The van der Waals surface area contributed by atoms with Crippen LogP contribution in [-0.2, 0) is 4.79 Å². The maximum absolute atomic E-state index is 13.4. The molecule has 3 aromatic carbocycles. The molecule has 0 amide bonds. The highest BCUT2D eigenvalue weighted by molar-refractivity contribution is 5.90. The molecule has 0 bridgehead atoms. The van der Waals surface area contributed by atoms with E-state index >= 15 is 0 Å². The lowest BCUT2D eigenvalue weighted by molar-refractivity contribution is -0.135. The van der Waals surface area contributed by atoms with Crippen molar-refractivity contribution in [3.63, 3.8) is 0 Å². The summed E-state index contributed by atoms with van der Waals surface area (Å²) in [5.41, 5.74) is 2.61. The highest BCUT2D eigenvalue weighted by Gasteiger charge is 2.32. The molecule has 1 aliphatic rings. The predicted molar refractivity (Wildman–Crippen MR) is 130 cm³/mol. The van der Waals surface area contributed by atoms with Crippen LogP contribution in [0.3, 0.4) is 0 Å². The molecule has 0 radical (unpaired) electrons. The number of methoxy groups -OCH3 is 1. The third-order valence-electron chi connectivity index (χ3n) is 6.01. The van der Waals surface area contributed by atoms with E-state index in [1.807, 2.05) is 32.0 Å². The van der Waals surface area contributed by atoms with Crippen molar-refractivity contribution in [3.05, 3.63) is 82.2 Å². The van der Waals surface area contributed by atoms with E-state index in [2.05, 4.69) is 0 Å². The Labute approximate surface area is 201 Å². The third-order valence-corrected chi connectivity index (χ3v) is 6.01. The van der Waals surface area contributed by atoms with Crippen LogP contribution in [0.1, 0.15) is 37.3 Å². The van der Waals surface area contributed by atoms with Crippen molar-refractivity contribution in [1.29, 1.82) is 0 Å². The van der Waals surface area contributed by atoms with Gasteiger partial charge in [-0.3, -0.25) is 9.59 Å². The minimum atomic E-state index is -0.403. The van der Waals surface area contributed by atoms with Crippen LogP contribution in [0.15, 0.2) is 70.1 Å². The molecule has 4 aromatic rings. The zero-order valence-corrected chi connectivity index (χ0v) is 19.5. The van der Waals surface area contributed by atoms with E-state index in [0.717, 1.165) is 5.56 Å². The average Bonchev–Trinajstić information content (AvgIpc) is 2.84. The van der Waals surface area contributed by atoms with Gasteiger partial charge in [-0.15, -0.1) is 0 Å². The monoisotopic (exact) mass is 472 g/mol. The normalized spacial score (nSPS) is 15.1. The minimum absolute atomic E-state index is 0.0267. The number of esters is 1. The first kappa shape index (κ1) is 22.5. The van der Waals surface area contributed by atoms with Crippen LogP contribution >= 0.6 is 0 Å². The zero-order valence-electron chi connectivity index (χ0n) is 19.5. The second-order valence-electron chi connectivity index (χ2n) is 8.69. The van der Waals surface area contributed by atoms with Crippen LogP contribution < -0.4 is 19.6 Å². The summed E-state index contributed by atoms with van der Waals surface area (Å²) < 4.78 is 22.9. The van der Waals surface area contributed by atoms with E-state index < -0.39 is 5.92 Å². The van der Waals surface area contributed by atoms with Crippen LogP contribution in [0.2, 0.25) is 0 Å². The first-order valence-corrected chi connectivity index (χ1v) is 11.3. The number of ether oxygens (including phenoxy) is 3. The number of phenolic OH excluding ortho intramolecular Hbond substituents is 1.